The summed E-state index contributed by atoms with van der Waals surface area (Å²) in [4.78, 5) is 33.7. The van der Waals surface area contributed by atoms with Gasteiger partial charge < -0.3 is 14.8 Å². The summed E-state index contributed by atoms with van der Waals surface area (Å²) in [6.45, 7) is 8.26. The van der Waals surface area contributed by atoms with Crippen molar-refractivity contribution >= 4 is 17.8 Å². The zero-order chi connectivity index (χ0) is 13.6. The number of rotatable bonds is 3. The summed E-state index contributed by atoms with van der Waals surface area (Å²) >= 11 is 0. The minimum Gasteiger partial charge on any atom is -0.459 e. The molecule has 0 fully saturated rings. The van der Waals surface area contributed by atoms with E-state index < -0.39 is 29.5 Å². The molecule has 0 spiro atoms. The zero-order valence-electron chi connectivity index (χ0n) is 10.8. The van der Waals surface area contributed by atoms with E-state index >= 15 is 0 Å². The van der Waals surface area contributed by atoms with Crippen LogP contribution in [0.15, 0.2) is 0 Å². The zero-order valence-corrected chi connectivity index (χ0v) is 10.8. The van der Waals surface area contributed by atoms with E-state index in [1.165, 1.54) is 6.92 Å². The number of carbonyl (C=O) groups is 3. The molecule has 98 valence electrons. The van der Waals surface area contributed by atoms with Gasteiger partial charge in [-0.15, -0.1) is 0 Å². The van der Waals surface area contributed by atoms with Crippen LogP contribution in [-0.2, 0) is 23.9 Å². The third-order valence-corrected chi connectivity index (χ3v) is 1.57. The molecule has 0 radical (unpaired) electrons. The summed E-state index contributed by atoms with van der Waals surface area (Å²) < 4.78 is 9.52. The van der Waals surface area contributed by atoms with Crippen molar-refractivity contribution in [3.63, 3.8) is 0 Å². The van der Waals surface area contributed by atoms with Crippen LogP contribution in [0.5, 0.6) is 0 Å². The minimum absolute atomic E-state index is 0.104. The highest BCUT2D eigenvalue weighted by Crippen LogP contribution is 2.08. The summed E-state index contributed by atoms with van der Waals surface area (Å²) in [6.07, 6.45) is 0. The molecular weight excluding hydrogens is 226 g/mol. The van der Waals surface area contributed by atoms with E-state index in [0.717, 1.165) is 0 Å². The molecule has 0 aliphatic rings. The number of esters is 2. The number of carbonyl (C=O) groups excluding carboxylic acids is 3. The van der Waals surface area contributed by atoms with Crippen LogP contribution in [0.1, 0.15) is 34.6 Å². The molecule has 1 unspecified atom stereocenters. The van der Waals surface area contributed by atoms with Crippen LogP contribution in [0.2, 0.25) is 0 Å². The fourth-order valence-corrected chi connectivity index (χ4v) is 0.901. The van der Waals surface area contributed by atoms with Crippen molar-refractivity contribution in [2.75, 3.05) is 6.61 Å². The van der Waals surface area contributed by atoms with Crippen molar-refractivity contribution in [2.24, 2.45) is 0 Å². The van der Waals surface area contributed by atoms with Crippen molar-refractivity contribution in [1.82, 2.24) is 5.32 Å². The van der Waals surface area contributed by atoms with Gasteiger partial charge >= 0.3 is 17.8 Å². The topological polar surface area (TPSA) is 81.7 Å². The van der Waals surface area contributed by atoms with Gasteiger partial charge in [-0.1, -0.05) is 0 Å². The van der Waals surface area contributed by atoms with Gasteiger partial charge in [0.05, 0.1) is 6.61 Å². The van der Waals surface area contributed by atoms with Gasteiger partial charge in [0.25, 0.3) is 0 Å². The highest BCUT2D eigenvalue weighted by Gasteiger charge is 2.25. The third kappa shape index (κ3) is 6.55. The molecule has 0 saturated heterocycles. The molecule has 1 N–H and O–H groups in total. The van der Waals surface area contributed by atoms with Crippen molar-refractivity contribution < 1.29 is 23.9 Å². The molecule has 1 amide bonds. The van der Waals surface area contributed by atoms with Gasteiger partial charge in [-0.25, -0.2) is 9.59 Å². The van der Waals surface area contributed by atoms with Crippen molar-refractivity contribution in [3.05, 3.63) is 0 Å². The van der Waals surface area contributed by atoms with Crippen LogP contribution >= 0.6 is 0 Å². The summed E-state index contributed by atoms with van der Waals surface area (Å²) in [5.41, 5.74) is -0.639. The summed E-state index contributed by atoms with van der Waals surface area (Å²) in [6, 6.07) is -0.897. The van der Waals surface area contributed by atoms with E-state index in [4.69, 9.17) is 4.74 Å². The summed E-state index contributed by atoms with van der Waals surface area (Å²) in [7, 11) is 0. The van der Waals surface area contributed by atoms with Gasteiger partial charge in [0.15, 0.2) is 0 Å². The number of hydrogen-bond donors (Lipinski definition) is 1. The predicted molar refractivity (Wildman–Crippen MR) is 60.1 cm³/mol. The molecule has 1 atom stereocenters. The highest BCUT2D eigenvalue weighted by atomic mass is 16.6. The van der Waals surface area contributed by atoms with Crippen molar-refractivity contribution in [3.8, 4) is 0 Å². The van der Waals surface area contributed by atoms with Crippen molar-refractivity contribution in [1.29, 1.82) is 0 Å². The number of amides is 1. The van der Waals surface area contributed by atoms with Crippen molar-refractivity contribution in [2.45, 2.75) is 46.3 Å². The SMILES string of the molecule is CCOC(=O)C(=O)NC(C)C(=O)OC(C)(C)C. The third-order valence-electron chi connectivity index (χ3n) is 1.57. The van der Waals surface area contributed by atoms with E-state index in [2.05, 4.69) is 10.1 Å². The van der Waals surface area contributed by atoms with Gasteiger partial charge in [0, 0.05) is 0 Å². The quantitative estimate of drug-likeness (QED) is 0.574. The molecule has 0 aromatic heterocycles. The maximum absolute atomic E-state index is 11.5. The average molecular weight is 245 g/mol. The van der Waals surface area contributed by atoms with E-state index in [1.54, 1.807) is 27.7 Å². The lowest BCUT2D eigenvalue weighted by molar-refractivity contribution is -0.160. The van der Waals surface area contributed by atoms with Gasteiger partial charge in [0.2, 0.25) is 0 Å². The molecule has 6 nitrogen and oxygen atoms in total. The van der Waals surface area contributed by atoms with Crippen LogP contribution in [0.3, 0.4) is 0 Å². The molecule has 0 aliphatic heterocycles. The molecule has 0 bridgehead atoms. The highest BCUT2D eigenvalue weighted by molar-refractivity contribution is 6.32. The first-order valence-electron chi connectivity index (χ1n) is 5.38. The Morgan fingerprint density at radius 2 is 1.76 bits per heavy atom. The smallest absolute Gasteiger partial charge is 0.396 e. The fraction of sp³-hybridized carbons (Fsp3) is 0.727. The van der Waals surface area contributed by atoms with E-state index in [0.29, 0.717) is 0 Å². The Kier molecular flexibility index (Phi) is 5.64. The van der Waals surface area contributed by atoms with E-state index in [9.17, 15) is 14.4 Å². The first kappa shape index (κ1) is 15.4. The maximum Gasteiger partial charge on any atom is 0.396 e. The number of hydrogen-bond acceptors (Lipinski definition) is 5. The minimum atomic E-state index is -1.01. The van der Waals surface area contributed by atoms with Gasteiger partial charge in [-0.05, 0) is 34.6 Å². The lowest BCUT2D eigenvalue weighted by Crippen LogP contribution is -2.45. The Morgan fingerprint density at radius 3 is 2.18 bits per heavy atom. The van der Waals surface area contributed by atoms with E-state index in [1.807, 2.05) is 0 Å². The maximum atomic E-state index is 11.5. The molecule has 0 saturated carbocycles. The first-order valence-corrected chi connectivity index (χ1v) is 5.38. The molecule has 0 aromatic rings. The molecule has 0 rings (SSSR count). The summed E-state index contributed by atoms with van der Waals surface area (Å²) in [5, 5.41) is 2.20. The second kappa shape index (κ2) is 6.22. The lowest BCUT2D eigenvalue weighted by Gasteiger charge is -2.22. The second-order valence-corrected chi connectivity index (χ2v) is 4.45. The van der Waals surface area contributed by atoms with Gasteiger partial charge in [0.1, 0.15) is 11.6 Å². The van der Waals surface area contributed by atoms with Crippen LogP contribution in [0, 0.1) is 0 Å². The Labute approximate surface area is 101 Å². The Hall–Kier alpha value is -1.59. The molecule has 0 aromatic carbocycles. The normalized spacial score (nSPS) is 12.5. The molecule has 0 aliphatic carbocycles. The second-order valence-electron chi connectivity index (χ2n) is 4.45. The lowest BCUT2D eigenvalue weighted by atomic mass is 10.2. The standard InChI is InChI=1S/C11H19NO5/c1-6-16-10(15)8(13)12-7(2)9(14)17-11(3,4)5/h7H,6H2,1-5H3,(H,12,13). The van der Waals surface area contributed by atoms with Crippen LogP contribution < -0.4 is 5.32 Å². The Bertz CT molecular complexity index is 305. The summed E-state index contributed by atoms with van der Waals surface area (Å²) in [5.74, 6) is -2.57. The van der Waals surface area contributed by atoms with Gasteiger partial charge in [-0.3, -0.25) is 4.79 Å². The van der Waals surface area contributed by atoms with Crippen LogP contribution in [0.4, 0.5) is 0 Å². The Balaban J connectivity index is 4.26. The molecular formula is C11H19NO5. The monoisotopic (exact) mass is 245 g/mol. The van der Waals surface area contributed by atoms with Crippen LogP contribution in [0.25, 0.3) is 0 Å². The molecule has 17 heavy (non-hydrogen) atoms. The fourth-order valence-electron chi connectivity index (χ4n) is 0.901. The van der Waals surface area contributed by atoms with Gasteiger partial charge in [-0.2, -0.15) is 0 Å². The number of ether oxygens (including phenoxy) is 2. The largest absolute Gasteiger partial charge is 0.459 e. The molecule has 6 heteroatoms. The van der Waals surface area contributed by atoms with E-state index in [-0.39, 0.29) is 6.61 Å². The average Bonchev–Trinajstić information content (AvgIpc) is 2.15. The predicted octanol–water partition coefficient (Wildman–Crippen LogP) is 0.396. The Morgan fingerprint density at radius 1 is 1.24 bits per heavy atom. The molecule has 0 heterocycles. The number of nitrogens with one attached hydrogen (secondary N) is 1. The van der Waals surface area contributed by atoms with Crippen LogP contribution in [-0.4, -0.2) is 36.1 Å². The first-order chi connectivity index (χ1) is 7.67.